The van der Waals surface area contributed by atoms with Crippen LogP contribution < -0.4 is 0 Å². The molecule has 3 rings (SSSR count). The zero-order chi connectivity index (χ0) is 21.1. The van der Waals surface area contributed by atoms with Gasteiger partial charge in [0, 0.05) is 11.1 Å². The third-order valence-electron chi connectivity index (χ3n) is 4.86. The van der Waals surface area contributed by atoms with Crippen molar-refractivity contribution < 1.29 is 4.39 Å². The van der Waals surface area contributed by atoms with Crippen LogP contribution in [0.2, 0.25) is 0 Å². The Balaban J connectivity index is 2.50. The van der Waals surface area contributed by atoms with E-state index >= 15 is 0 Å². The number of benzene rings is 2. The molecule has 0 spiro atoms. The lowest BCUT2D eigenvalue weighted by Crippen LogP contribution is -2.08. The highest BCUT2D eigenvalue weighted by atomic mass is 79.9. The molecule has 2 aromatic carbocycles. The first-order chi connectivity index (χ1) is 13.8. The van der Waals surface area contributed by atoms with Gasteiger partial charge in [-0.2, -0.15) is 0 Å². The molecule has 0 fully saturated rings. The summed E-state index contributed by atoms with van der Waals surface area (Å²) in [5.74, 6) is 0.226. The van der Waals surface area contributed by atoms with Gasteiger partial charge in [-0.25, -0.2) is 4.39 Å². The van der Waals surface area contributed by atoms with E-state index in [-0.39, 0.29) is 17.7 Å². The lowest BCUT2D eigenvalue weighted by Gasteiger charge is -2.24. The minimum atomic E-state index is -0.236. The number of nitrogens with zero attached hydrogens (tertiary/aromatic N) is 1. The first-order valence-electron chi connectivity index (χ1n) is 9.71. The van der Waals surface area contributed by atoms with Crippen molar-refractivity contribution in [1.29, 1.82) is 0 Å². The van der Waals surface area contributed by atoms with E-state index in [1.165, 1.54) is 17.7 Å². The molecule has 1 aromatic heterocycles. The van der Waals surface area contributed by atoms with Gasteiger partial charge < -0.3 is 0 Å². The van der Waals surface area contributed by atoms with Crippen LogP contribution in [-0.2, 0) is 0 Å². The second-order valence-electron chi connectivity index (χ2n) is 7.66. The van der Waals surface area contributed by atoms with Gasteiger partial charge in [0.2, 0.25) is 0 Å². The molecule has 1 nitrogen and oxygen atoms in total. The molecular formula is C25H24Br2FN. The molecule has 0 aliphatic heterocycles. The van der Waals surface area contributed by atoms with Crippen LogP contribution in [0.25, 0.3) is 28.5 Å². The van der Waals surface area contributed by atoms with E-state index in [4.69, 9.17) is 4.98 Å². The second-order valence-corrected chi connectivity index (χ2v) is 10.4. The number of rotatable bonds is 5. The number of hydrogen-bond donors (Lipinski definition) is 0. The Kier molecular flexibility index (Phi) is 7.07. The standard InChI is InChI=1S/C25H24Br2FN/c1-15(2)22-23(17-10-12-19(28)13-11-17)20(14-21(26)27)24(16(3)4)29-25(22)18-8-6-5-7-9-18/h5-16H,1-4H3. The second kappa shape index (κ2) is 9.36. The largest absolute Gasteiger partial charge is 0.252 e. The Morgan fingerprint density at radius 2 is 1.48 bits per heavy atom. The highest BCUT2D eigenvalue weighted by Crippen LogP contribution is 2.42. The fourth-order valence-electron chi connectivity index (χ4n) is 3.63. The smallest absolute Gasteiger partial charge is 0.123 e. The van der Waals surface area contributed by atoms with Crippen LogP contribution in [0.5, 0.6) is 0 Å². The molecule has 1 heterocycles. The van der Waals surface area contributed by atoms with Gasteiger partial charge in [-0.3, -0.25) is 4.98 Å². The Bertz CT molecular complexity index is 1020. The summed E-state index contributed by atoms with van der Waals surface area (Å²) in [6.07, 6.45) is 2.06. The minimum absolute atomic E-state index is 0.225. The van der Waals surface area contributed by atoms with Crippen LogP contribution >= 0.6 is 31.9 Å². The van der Waals surface area contributed by atoms with Crippen molar-refractivity contribution >= 4 is 37.9 Å². The summed E-state index contributed by atoms with van der Waals surface area (Å²) >= 11 is 7.06. The van der Waals surface area contributed by atoms with Gasteiger partial charge in [-0.05, 0) is 78.6 Å². The van der Waals surface area contributed by atoms with Crippen molar-refractivity contribution in [3.05, 3.63) is 80.6 Å². The van der Waals surface area contributed by atoms with Crippen molar-refractivity contribution in [3.63, 3.8) is 0 Å². The Morgan fingerprint density at radius 1 is 0.862 bits per heavy atom. The van der Waals surface area contributed by atoms with Crippen LogP contribution in [-0.4, -0.2) is 4.98 Å². The molecule has 0 amide bonds. The van der Waals surface area contributed by atoms with Crippen LogP contribution in [0, 0.1) is 5.82 Å². The number of hydrogen-bond acceptors (Lipinski definition) is 1. The average molecular weight is 517 g/mol. The van der Waals surface area contributed by atoms with Gasteiger partial charge in [0.15, 0.2) is 0 Å². The quantitative estimate of drug-likeness (QED) is 0.330. The number of pyridine rings is 1. The van der Waals surface area contributed by atoms with E-state index in [2.05, 4.69) is 77.8 Å². The summed E-state index contributed by atoms with van der Waals surface area (Å²) in [5.41, 5.74) is 7.42. The Labute approximate surface area is 189 Å². The molecule has 4 heteroatoms. The normalized spacial score (nSPS) is 11.2. The first kappa shape index (κ1) is 21.9. The predicted molar refractivity (Wildman–Crippen MR) is 129 cm³/mol. The van der Waals surface area contributed by atoms with Gasteiger partial charge in [0.05, 0.1) is 14.8 Å². The molecule has 0 saturated carbocycles. The van der Waals surface area contributed by atoms with Crippen molar-refractivity contribution in [2.45, 2.75) is 39.5 Å². The zero-order valence-electron chi connectivity index (χ0n) is 17.0. The maximum Gasteiger partial charge on any atom is 0.123 e. The fourth-order valence-corrected chi connectivity index (χ4v) is 4.09. The summed E-state index contributed by atoms with van der Waals surface area (Å²) in [4.78, 5) is 5.16. The third-order valence-corrected chi connectivity index (χ3v) is 5.32. The first-order valence-corrected chi connectivity index (χ1v) is 11.3. The molecule has 150 valence electrons. The molecule has 3 aromatic rings. The monoisotopic (exact) mass is 515 g/mol. The molecule has 0 aliphatic rings. The predicted octanol–water partition coefficient (Wildman–Crippen LogP) is 8.89. The summed E-state index contributed by atoms with van der Waals surface area (Å²) in [5, 5.41) is 0. The van der Waals surface area contributed by atoms with Gasteiger partial charge in [-0.1, -0.05) is 70.2 Å². The molecule has 0 bridgehead atoms. The lowest BCUT2D eigenvalue weighted by molar-refractivity contribution is 0.628. The van der Waals surface area contributed by atoms with Crippen molar-refractivity contribution in [2.24, 2.45) is 0 Å². The molecular weight excluding hydrogens is 493 g/mol. The summed E-state index contributed by atoms with van der Waals surface area (Å²) in [7, 11) is 0. The van der Waals surface area contributed by atoms with Gasteiger partial charge in [0.25, 0.3) is 0 Å². The molecule has 29 heavy (non-hydrogen) atoms. The summed E-state index contributed by atoms with van der Waals surface area (Å²) < 4.78 is 14.5. The number of halogens is 3. The fraction of sp³-hybridized carbons (Fsp3) is 0.240. The Morgan fingerprint density at radius 3 is 2.00 bits per heavy atom. The topological polar surface area (TPSA) is 12.9 Å². The molecule has 0 unspecified atom stereocenters. The van der Waals surface area contributed by atoms with E-state index in [9.17, 15) is 4.39 Å². The highest BCUT2D eigenvalue weighted by molar-refractivity contribution is 9.28. The van der Waals surface area contributed by atoms with Crippen LogP contribution in [0.3, 0.4) is 0 Å². The van der Waals surface area contributed by atoms with Gasteiger partial charge in [0.1, 0.15) is 5.82 Å². The maximum atomic E-state index is 13.7. The molecule has 0 atom stereocenters. The van der Waals surface area contributed by atoms with Gasteiger partial charge >= 0.3 is 0 Å². The van der Waals surface area contributed by atoms with Gasteiger partial charge in [-0.15, -0.1) is 0 Å². The summed E-state index contributed by atoms with van der Waals surface area (Å²) in [6.45, 7) is 8.67. The molecule has 0 aliphatic carbocycles. The van der Waals surface area contributed by atoms with Crippen molar-refractivity contribution in [2.75, 3.05) is 0 Å². The zero-order valence-corrected chi connectivity index (χ0v) is 20.2. The average Bonchev–Trinajstić information content (AvgIpc) is 2.68. The molecule has 0 N–H and O–H groups in total. The maximum absolute atomic E-state index is 13.7. The van der Waals surface area contributed by atoms with E-state index in [0.29, 0.717) is 0 Å². The Hall–Kier alpha value is -1.78. The minimum Gasteiger partial charge on any atom is -0.252 e. The SMILES string of the molecule is CC(C)c1nc(-c2ccccc2)c(C(C)C)c(-c2ccc(F)cc2)c1C=C(Br)Br. The highest BCUT2D eigenvalue weighted by Gasteiger charge is 2.24. The molecule has 0 saturated heterocycles. The van der Waals surface area contributed by atoms with E-state index < -0.39 is 0 Å². The van der Waals surface area contributed by atoms with Crippen molar-refractivity contribution in [1.82, 2.24) is 4.98 Å². The van der Waals surface area contributed by atoms with Crippen molar-refractivity contribution in [3.8, 4) is 22.4 Å². The summed E-state index contributed by atoms with van der Waals surface area (Å²) in [6, 6.07) is 17.0. The van der Waals surface area contributed by atoms with E-state index in [0.717, 1.165) is 37.0 Å². The van der Waals surface area contributed by atoms with E-state index in [1.54, 1.807) is 0 Å². The molecule has 0 radical (unpaired) electrons. The van der Waals surface area contributed by atoms with Crippen LogP contribution in [0.1, 0.15) is 56.4 Å². The van der Waals surface area contributed by atoms with Crippen LogP contribution in [0.4, 0.5) is 4.39 Å². The third kappa shape index (κ3) is 4.87. The van der Waals surface area contributed by atoms with E-state index in [1.807, 2.05) is 30.3 Å². The lowest BCUT2D eigenvalue weighted by atomic mass is 9.83. The van der Waals surface area contributed by atoms with Crippen LogP contribution in [0.15, 0.2) is 58.0 Å². The number of aromatic nitrogens is 1.